The smallest absolute Gasteiger partial charge is 0.165 e. The largest absolute Gasteiger partial charge is 0.353 e. The highest BCUT2D eigenvalue weighted by Crippen LogP contribution is 2.29. The van der Waals surface area contributed by atoms with Gasteiger partial charge < -0.3 is 9.47 Å². The van der Waals surface area contributed by atoms with Crippen LogP contribution < -0.4 is 0 Å². The van der Waals surface area contributed by atoms with Crippen LogP contribution in [0.3, 0.4) is 0 Å². The van der Waals surface area contributed by atoms with Gasteiger partial charge in [-0.3, -0.25) is 0 Å². The first-order valence-corrected chi connectivity index (χ1v) is 3.93. The van der Waals surface area contributed by atoms with Crippen LogP contribution >= 0.6 is 0 Å². The minimum atomic E-state index is -0.432. The Morgan fingerprint density at radius 1 is 0.909 bits per heavy atom. The summed E-state index contributed by atoms with van der Waals surface area (Å²) in [6.45, 7) is 8.47. The zero-order valence-electron chi connectivity index (χ0n) is 8.52. The molecule has 0 fully saturated rings. The van der Waals surface area contributed by atoms with Gasteiger partial charge in [-0.25, -0.2) is 0 Å². The topological polar surface area (TPSA) is 18.5 Å². The van der Waals surface area contributed by atoms with E-state index in [1.54, 1.807) is 14.2 Å². The maximum Gasteiger partial charge on any atom is 0.165 e. The third kappa shape index (κ3) is 4.38. The molecule has 11 heavy (non-hydrogen) atoms. The van der Waals surface area contributed by atoms with Gasteiger partial charge in [0.15, 0.2) is 5.79 Å². The molecule has 0 saturated heterocycles. The fourth-order valence-corrected chi connectivity index (χ4v) is 1.19. The summed E-state index contributed by atoms with van der Waals surface area (Å²) < 4.78 is 10.5. The van der Waals surface area contributed by atoms with Gasteiger partial charge in [0.05, 0.1) is 0 Å². The lowest BCUT2D eigenvalue weighted by Crippen LogP contribution is -2.34. The maximum atomic E-state index is 5.24. The number of hydrogen-bond donors (Lipinski definition) is 0. The molecule has 0 saturated carbocycles. The molecule has 0 aliphatic heterocycles. The Morgan fingerprint density at radius 2 is 1.27 bits per heavy atom. The summed E-state index contributed by atoms with van der Waals surface area (Å²) in [6.07, 6.45) is 0.896. The van der Waals surface area contributed by atoms with Gasteiger partial charge in [0, 0.05) is 20.6 Å². The molecule has 0 spiro atoms. The number of hydrogen-bond acceptors (Lipinski definition) is 2. The van der Waals surface area contributed by atoms with Crippen molar-refractivity contribution in [1.82, 2.24) is 0 Å². The third-order valence-corrected chi connectivity index (χ3v) is 1.72. The molecule has 0 N–H and O–H groups in total. The molecule has 68 valence electrons. The minimum Gasteiger partial charge on any atom is -0.353 e. The van der Waals surface area contributed by atoms with E-state index in [0.29, 0.717) is 0 Å². The molecule has 2 nitrogen and oxygen atoms in total. The average Bonchev–Trinajstić information content (AvgIpc) is 1.84. The molecule has 0 amide bonds. The predicted octanol–water partition coefficient (Wildman–Crippen LogP) is 2.43. The Balaban J connectivity index is 4.08. The van der Waals surface area contributed by atoms with Gasteiger partial charge in [0.25, 0.3) is 0 Å². The van der Waals surface area contributed by atoms with Gasteiger partial charge in [-0.1, -0.05) is 20.8 Å². The van der Waals surface area contributed by atoms with E-state index in [-0.39, 0.29) is 5.41 Å². The van der Waals surface area contributed by atoms with E-state index in [9.17, 15) is 0 Å². The Labute approximate surface area is 69.9 Å². The molecule has 0 radical (unpaired) electrons. The van der Waals surface area contributed by atoms with E-state index in [2.05, 4.69) is 20.8 Å². The summed E-state index contributed by atoms with van der Waals surface area (Å²) in [7, 11) is 3.35. The fraction of sp³-hybridized carbons (Fsp3) is 1.00. The summed E-state index contributed by atoms with van der Waals surface area (Å²) in [5.74, 6) is -0.432. The highest BCUT2D eigenvalue weighted by atomic mass is 16.7. The van der Waals surface area contributed by atoms with Crippen molar-refractivity contribution in [3.63, 3.8) is 0 Å². The quantitative estimate of drug-likeness (QED) is 0.590. The molecular formula is C9H20O2. The molecule has 0 aliphatic rings. The summed E-state index contributed by atoms with van der Waals surface area (Å²) >= 11 is 0. The van der Waals surface area contributed by atoms with Crippen molar-refractivity contribution in [2.75, 3.05) is 14.2 Å². The second-order valence-electron chi connectivity index (χ2n) is 4.28. The summed E-state index contributed by atoms with van der Waals surface area (Å²) in [5.41, 5.74) is 0.237. The van der Waals surface area contributed by atoms with Gasteiger partial charge in [-0.15, -0.1) is 0 Å². The van der Waals surface area contributed by atoms with Crippen LogP contribution in [-0.4, -0.2) is 20.0 Å². The van der Waals surface area contributed by atoms with E-state index in [4.69, 9.17) is 9.47 Å². The van der Waals surface area contributed by atoms with E-state index in [1.807, 2.05) is 6.92 Å². The SMILES string of the molecule is COC(C)(CC(C)(C)C)OC. The van der Waals surface area contributed by atoms with Crippen molar-refractivity contribution in [2.45, 2.75) is 39.9 Å². The Hall–Kier alpha value is -0.0800. The Morgan fingerprint density at radius 3 is 1.36 bits per heavy atom. The van der Waals surface area contributed by atoms with Crippen molar-refractivity contribution in [3.05, 3.63) is 0 Å². The summed E-state index contributed by atoms with van der Waals surface area (Å²) in [6, 6.07) is 0. The van der Waals surface area contributed by atoms with Crippen LogP contribution in [0.2, 0.25) is 0 Å². The average molecular weight is 160 g/mol. The Kier molecular flexibility index (Phi) is 3.52. The maximum absolute atomic E-state index is 5.24. The molecule has 0 aromatic rings. The monoisotopic (exact) mass is 160 g/mol. The van der Waals surface area contributed by atoms with E-state index >= 15 is 0 Å². The zero-order chi connectivity index (χ0) is 9.12. The first-order valence-electron chi connectivity index (χ1n) is 3.93. The third-order valence-electron chi connectivity index (χ3n) is 1.72. The standard InChI is InChI=1S/C9H20O2/c1-8(2,3)7-9(4,10-5)11-6/h7H2,1-6H3. The first kappa shape index (κ1) is 10.9. The van der Waals surface area contributed by atoms with Gasteiger partial charge >= 0.3 is 0 Å². The first-order chi connectivity index (χ1) is 4.83. The van der Waals surface area contributed by atoms with E-state index < -0.39 is 5.79 Å². The zero-order valence-corrected chi connectivity index (χ0v) is 8.52. The molecule has 0 heterocycles. The second-order valence-corrected chi connectivity index (χ2v) is 4.28. The number of rotatable bonds is 3. The highest BCUT2D eigenvalue weighted by Gasteiger charge is 2.29. The molecule has 0 aromatic carbocycles. The number of methoxy groups -OCH3 is 2. The van der Waals surface area contributed by atoms with Crippen LogP contribution in [0, 0.1) is 5.41 Å². The van der Waals surface area contributed by atoms with Gasteiger partial charge in [-0.05, 0) is 12.3 Å². The van der Waals surface area contributed by atoms with Crippen LogP contribution in [0.4, 0.5) is 0 Å². The molecule has 0 rings (SSSR count). The van der Waals surface area contributed by atoms with Crippen molar-refractivity contribution in [3.8, 4) is 0 Å². The van der Waals surface area contributed by atoms with Gasteiger partial charge in [0.1, 0.15) is 0 Å². The van der Waals surface area contributed by atoms with E-state index in [1.165, 1.54) is 0 Å². The van der Waals surface area contributed by atoms with Gasteiger partial charge in [-0.2, -0.15) is 0 Å². The molecule has 0 atom stereocenters. The predicted molar refractivity (Wildman–Crippen MR) is 46.5 cm³/mol. The lowest BCUT2D eigenvalue weighted by molar-refractivity contribution is -0.209. The summed E-state index contributed by atoms with van der Waals surface area (Å²) in [5, 5.41) is 0. The minimum absolute atomic E-state index is 0.237. The Bertz CT molecular complexity index is 109. The van der Waals surface area contributed by atoms with E-state index in [0.717, 1.165) is 6.42 Å². The molecule has 0 aromatic heterocycles. The highest BCUT2D eigenvalue weighted by molar-refractivity contribution is 4.72. The van der Waals surface area contributed by atoms with Gasteiger partial charge in [0.2, 0.25) is 0 Å². The fourth-order valence-electron chi connectivity index (χ4n) is 1.19. The van der Waals surface area contributed by atoms with Crippen LogP contribution in [0.25, 0.3) is 0 Å². The van der Waals surface area contributed by atoms with Crippen LogP contribution in [0.1, 0.15) is 34.1 Å². The lowest BCUT2D eigenvalue weighted by Gasteiger charge is -2.32. The van der Waals surface area contributed by atoms with Crippen molar-refractivity contribution in [2.24, 2.45) is 5.41 Å². The molecule has 0 unspecified atom stereocenters. The van der Waals surface area contributed by atoms with Crippen LogP contribution in [-0.2, 0) is 9.47 Å². The lowest BCUT2D eigenvalue weighted by atomic mass is 9.88. The van der Waals surface area contributed by atoms with Crippen molar-refractivity contribution < 1.29 is 9.47 Å². The van der Waals surface area contributed by atoms with Crippen LogP contribution in [0.15, 0.2) is 0 Å². The number of ether oxygens (including phenoxy) is 2. The van der Waals surface area contributed by atoms with Crippen molar-refractivity contribution in [1.29, 1.82) is 0 Å². The molecule has 2 heteroatoms. The summed E-state index contributed by atoms with van der Waals surface area (Å²) in [4.78, 5) is 0. The van der Waals surface area contributed by atoms with Crippen molar-refractivity contribution >= 4 is 0 Å². The second kappa shape index (κ2) is 3.55. The molecule has 0 aliphatic carbocycles. The molecular weight excluding hydrogens is 140 g/mol. The van der Waals surface area contributed by atoms with Crippen LogP contribution in [0.5, 0.6) is 0 Å². The normalized spacial score (nSPS) is 13.6. The molecule has 0 bridgehead atoms.